The van der Waals surface area contributed by atoms with Gasteiger partial charge < -0.3 is 10.2 Å². The molecule has 2 heterocycles. The molecule has 0 atom stereocenters. The third-order valence-corrected chi connectivity index (χ3v) is 9.17. The van der Waals surface area contributed by atoms with Gasteiger partial charge >= 0.3 is 0 Å². The highest BCUT2D eigenvalue weighted by Gasteiger charge is 2.54. The number of hydrogen-bond acceptors (Lipinski definition) is 4. The van der Waals surface area contributed by atoms with Crippen LogP contribution >= 0.6 is 11.3 Å². The van der Waals surface area contributed by atoms with Crippen LogP contribution in [0.15, 0.2) is 23.6 Å². The fourth-order valence-electron chi connectivity index (χ4n) is 7.21. The minimum atomic E-state index is -0.536. The van der Waals surface area contributed by atoms with Gasteiger partial charge in [-0.15, -0.1) is 11.3 Å². The third-order valence-electron chi connectivity index (χ3n) is 8.41. The second-order valence-electron chi connectivity index (χ2n) is 10.9. The van der Waals surface area contributed by atoms with E-state index in [-0.39, 0.29) is 17.2 Å². The van der Waals surface area contributed by atoms with Crippen molar-refractivity contribution in [1.82, 2.24) is 4.98 Å². The Bertz CT molecular complexity index is 1070. The molecule has 0 saturated heterocycles. The topological polar surface area (TPSA) is 62.3 Å². The predicted molar refractivity (Wildman–Crippen MR) is 123 cm³/mol. The monoisotopic (exact) mass is 435 g/mol. The summed E-state index contributed by atoms with van der Waals surface area (Å²) < 4.78 is 0. The number of nitrogens with zero attached hydrogens (tertiary/aromatic N) is 2. The van der Waals surface area contributed by atoms with E-state index in [1.165, 1.54) is 30.6 Å². The second kappa shape index (κ2) is 6.41. The lowest BCUT2D eigenvalue weighted by Crippen LogP contribution is -2.51. The molecule has 0 spiro atoms. The Balaban J connectivity index is 1.24. The van der Waals surface area contributed by atoms with E-state index in [1.54, 1.807) is 4.90 Å². The Morgan fingerprint density at radius 2 is 1.77 bits per heavy atom. The number of benzene rings is 1. The van der Waals surface area contributed by atoms with Gasteiger partial charge in [0.1, 0.15) is 0 Å². The number of amides is 2. The van der Waals surface area contributed by atoms with Crippen molar-refractivity contribution in [3.05, 3.63) is 29.1 Å². The van der Waals surface area contributed by atoms with E-state index in [0.717, 1.165) is 59.5 Å². The van der Waals surface area contributed by atoms with E-state index in [0.29, 0.717) is 5.13 Å². The molecule has 4 fully saturated rings. The lowest BCUT2D eigenvalue weighted by molar-refractivity contribution is -0.140. The number of rotatable bonds is 3. The van der Waals surface area contributed by atoms with Crippen LogP contribution in [0.2, 0.25) is 0 Å². The Morgan fingerprint density at radius 1 is 1.13 bits per heavy atom. The van der Waals surface area contributed by atoms with Crippen molar-refractivity contribution in [1.29, 1.82) is 0 Å². The first-order chi connectivity index (χ1) is 14.7. The third kappa shape index (κ3) is 2.83. The maximum absolute atomic E-state index is 13.3. The molecule has 1 aliphatic heterocycles. The van der Waals surface area contributed by atoms with E-state index in [1.807, 2.05) is 38.4 Å². The van der Waals surface area contributed by atoms with E-state index in [4.69, 9.17) is 4.98 Å². The number of carbonyl (C=O) groups is 2. The standard InChI is InChI=1S/C25H29N3O2S/c1-24(2)18-9-17(4-5-20(18)28(3)22(24)30)19-13-31-23(26-19)27-21(29)25-10-14-6-15(11-25)8-16(7-14)12-25/h4-5,9,13-16H,6-8,10-12H2,1-3H3,(H,26,27,29). The lowest BCUT2D eigenvalue weighted by atomic mass is 9.49. The first kappa shape index (κ1) is 19.5. The molecule has 5 nitrogen and oxygen atoms in total. The van der Waals surface area contributed by atoms with Gasteiger partial charge in [0, 0.05) is 23.7 Å². The van der Waals surface area contributed by atoms with Gasteiger partial charge in [0.15, 0.2) is 5.13 Å². The van der Waals surface area contributed by atoms with Crippen molar-refractivity contribution in [2.75, 3.05) is 17.3 Å². The number of aromatic nitrogens is 1. The molecular weight excluding hydrogens is 406 g/mol. The van der Waals surface area contributed by atoms with Gasteiger partial charge in [0.2, 0.25) is 11.8 Å². The van der Waals surface area contributed by atoms with Crippen molar-refractivity contribution in [2.24, 2.45) is 23.2 Å². The van der Waals surface area contributed by atoms with Gasteiger partial charge in [-0.3, -0.25) is 9.59 Å². The quantitative estimate of drug-likeness (QED) is 0.719. The summed E-state index contributed by atoms with van der Waals surface area (Å²) in [5.41, 5.74) is 3.14. The molecular formula is C25H29N3O2S. The molecule has 4 bridgehead atoms. The lowest BCUT2D eigenvalue weighted by Gasteiger charge is -2.55. The molecule has 2 aromatic rings. The van der Waals surface area contributed by atoms with Gasteiger partial charge in [-0.05, 0) is 87.8 Å². The number of thiazole rings is 1. The maximum atomic E-state index is 13.3. The van der Waals surface area contributed by atoms with E-state index < -0.39 is 5.41 Å². The molecule has 1 aromatic carbocycles. The van der Waals surface area contributed by atoms with Crippen LogP contribution in [0.1, 0.15) is 57.9 Å². The number of nitrogens with one attached hydrogen (secondary N) is 1. The highest BCUT2D eigenvalue weighted by atomic mass is 32.1. The van der Waals surface area contributed by atoms with Crippen molar-refractivity contribution >= 4 is 34.0 Å². The van der Waals surface area contributed by atoms with Crippen LogP contribution in [-0.2, 0) is 15.0 Å². The summed E-state index contributed by atoms with van der Waals surface area (Å²) in [6, 6.07) is 6.10. The molecule has 4 aliphatic carbocycles. The van der Waals surface area contributed by atoms with Crippen molar-refractivity contribution in [3.8, 4) is 11.3 Å². The van der Waals surface area contributed by atoms with Crippen LogP contribution in [0.4, 0.5) is 10.8 Å². The molecule has 5 aliphatic rings. The van der Waals surface area contributed by atoms with Gasteiger partial charge in [-0.25, -0.2) is 4.98 Å². The first-order valence-electron chi connectivity index (χ1n) is 11.5. The molecule has 162 valence electrons. The highest BCUT2D eigenvalue weighted by molar-refractivity contribution is 7.14. The number of anilines is 2. The maximum Gasteiger partial charge on any atom is 0.236 e. The van der Waals surface area contributed by atoms with Crippen LogP contribution in [-0.4, -0.2) is 23.8 Å². The van der Waals surface area contributed by atoms with Crippen LogP contribution in [0, 0.1) is 23.2 Å². The molecule has 6 heteroatoms. The first-order valence-corrected chi connectivity index (χ1v) is 12.3. The smallest absolute Gasteiger partial charge is 0.236 e. The van der Waals surface area contributed by atoms with Crippen molar-refractivity contribution < 1.29 is 9.59 Å². The second-order valence-corrected chi connectivity index (χ2v) is 11.8. The Hall–Kier alpha value is -2.21. The van der Waals surface area contributed by atoms with Crippen LogP contribution in [0.3, 0.4) is 0 Å². The number of fused-ring (bicyclic) bond motifs is 1. The molecule has 0 unspecified atom stereocenters. The molecule has 1 N–H and O–H groups in total. The molecule has 7 rings (SSSR count). The fourth-order valence-corrected chi connectivity index (χ4v) is 7.93. The zero-order valence-corrected chi connectivity index (χ0v) is 19.2. The molecule has 2 amide bonds. The average molecular weight is 436 g/mol. The normalized spacial score (nSPS) is 32.4. The largest absolute Gasteiger partial charge is 0.314 e. The molecule has 1 aromatic heterocycles. The summed E-state index contributed by atoms with van der Waals surface area (Å²) in [7, 11) is 1.83. The van der Waals surface area contributed by atoms with Gasteiger partial charge in [0.25, 0.3) is 0 Å². The number of likely N-dealkylation sites (N-methyl/N-ethyl adjacent to an activating group) is 1. The SMILES string of the molecule is CN1C(=O)C(C)(C)c2cc(-c3csc(NC(=O)C45CC6CC(CC(C6)C4)C5)n3)ccc21. The Kier molecular flexibility index (Phi) is 4.03. The summed E-state index contributed by atoms with van der Waals surface area (Å²) in [5, 5.41) is 5.87. The summed E-state index contributed by atoms with van der Waals surface area (Å²) in [6.45, 7) is 3.94. The van der Waals surface area contributed by atoms with Crippen LogP contribution < -0.4 is 10.2 Å². The summed E-state index contributed by atoms with van der Waals surface area (Å²) in [6.07, 6.45) is 7.18. The molecule has 31 heavy (non-hydrogen) atoms. The van der Waals surface area contributed by atoms with E-state index in [2.05, 4.69) is 11.4 Å². The van der Waals surface area contributed by atoms with E-state index >= 15 is 0 Å². The Morgan fingerprint density at radius 3 is 2.42 bits per heavy atom. The Labute approximate surface area is 187 Å². The minimum absolute atomic E-state index is 0.112. The van der Waals surface area contributed by atoms with Gasteiger partial charge in [-0.1, -0.05) is 6.07 Å². The van der Waals surface area contributed by atoms with Gasteiger partial charge in [-0.2, -0.15) is 0 Å². The average Bonchev–Trinajstić information content (AvgIpc) is 3.25. The van der Waals surface area contributed by atoms with Crippen molar-refractivity contribution in [3.63, 3.8) is 0 Å². The van der Waals surface area contributed by atoms with E-state index in [9.17, 15) is 9.59 Å². The minimum Gasteiger partial charge on any atom is -0.314 e. The summed E-state index contributed by atoms with van der Waals surface area (Å²) in [5.74, 6) is 2.55. The number of hydrogen-bond donors (Lipinski definition) is 1. The molecule has 4 saturated carbocycles. The van der Waals surface area contributed by atoms with Crippen LogP contribution in [0.25, 0.3) is 11.3 Å². The predicted octanol–water partition coefficient (Wildman–Crippen LogP) is 5.22. The zero-order chi connectivity index (χ0) is 21.5. The van der Waals surface area contributed by atoms with Crippen LogP contribution in [0.5, 0.6) is 0 Å². The van der Waals surface area contributed by atoms with Crippen molar-refractivity contribution in [2.45, 2.75) is 57.8 Å². The molecule has 0 radical (unpaired) electrons. The fraction of sp³-hybridized carbons (Fsp3) is 0.560. The number of carbonyl (C=O) groups excluding carboxylic acids is 2. The highest BCUT2D eigenvalue weighted by Crippen LogP contribution is 2.60. The zero-order valence-electron chi connectivity index (χ0n) is 18.4. The summed E-state index contributed by atoms with van der Waals surface area (Å²) in [4.78, 5) is 32.4. The van der Waals surface area contributed by atoms with Gasteiger partial charge in [0.05, 0.1) is 16.5 Å². The summed E-state index contributed by atoms with van der Waals surface area (Å²) >= 11 is 1.49.